The molecule has 7 aromatic carbocycles. The molecule has 330 valence electrons. The summed E-state index contributed by atoms with van der Waals surface area (Å²) in [6, 6.07) is 48.8. The van der Waals surface area contributed by atoms with Crippen molar-refractivity contribution in [1.29, 1.82) is 0 Å². The molecule has 66 heavy (non-hydrogen) atoms. The number of hydrogen-bond acceptors (Lipinski definition) is 0. The zero-order chi connectivity index (χ0) is 46.2. The van der Waals surface area contributed by atoms with Gasteiger partial charge in [-0.05, 0) is 160 Å². The first-order valence-electron chi connectivity index (χ1n) is 25.1. The molecule has 7 aromatic rings. The molecule has 0 radical (unpaired) electrons. The van der Waals surface area contributed by atoms with Gasteiger partial charge in [0.15, 0.2) is 0 Å². The highest BCUT2D eigenvalue weighted by molar-refractivity contribution is 6.97. The monoisotopic (exact) mass is 859 g/mol. The van der Waals surface area contributed by atoms with Crippen molar-refractivity contribution in [3.63, 3.8) is 0 Å². The van der Waals surface area contributed by atoms with Crippen molar-refractivity contribution in [3.8, 4) is 11.1 Å². The lowest BCUT2D eigenvalue weighted by atomic mass is 9.34. The average molecular weight is 859 g/mol. The van der Waals surface area contributed by atoms with Crippen LogP contribution in [0.4, 0.5) is 0 Å². The van der Waals surface area contributed by atoms with Crippen molar-refractivity contribution in [3.05, 3.63) is 199 Å². The molecule has 0 heterocycles. The van der Waals surface area contributed by atoms with Crippen LogP contribution >= 0.6 is 0 Å². The van der Waals surface area contributed by atoms with Crippen molar-refractivity contribution in [1.82, 2.24) is 0 Å². The van der Waals surface area contributed by atoms with Gasteiger partial charge in [-0.2, -0.15) is 0 Å². The van der Waals surface area contributed by atoms with Crippen molar-refractivity contribution < 1.29 is 0 Å². The molecule has 0 saturated heterocycles. The standard InChI is InChI=1S/C64H68B2/c1-38-24-42(5)58(43(6)25-38)65(59-44(7)26-39(2)27-45(59)8)55-22-20-53(21-23-55)62-33-52-34-63(57(52)35-62)37-64(63,36-62)54-18-16-50(17-19-54)51-14-13-15-56(32-51)66(60-46(9)28-40(3)29-47(60)10)61-48(11)30-41(4)31-49(61)12/h13-32,52,57H,33-37H2,1-12H3. The molecule has 1 spiro atoms. The summed E-state index contributed by atoms with van der Waals surface area (Å²) in [7, 11) is 0. The quantitative estimate of drug-likeness (QED) is 0.127. The summed E-state index contributed by atoms with van der Waals surface area (Å²) >= 11 is 0. The van der Waals surface area contributed by atoms with Crippen molar-refractivity contribution in [2.75, 3.05) is 0 Å². The van der Waals surface area contributed by atoms with E-state index in [1.807, 2.05) is 0 Å². The van der Waals surface area contributed by atoms with Gasteiger partial charge >= 0.3 is 0 Å². The zero-order valence-corrected chi connectivity index (χ0v) is 41.9. The van der Waals surface area contributed by atoms with E-state index in [1.165, 1.54) is 143 Å². The van der Waals surface area contributed by atoms with Crippen molar-refractivity contribution >= 4 is 46.2 Å². The van der Waals surface area contributed by atoms with E-state index in [-0.39, 0.29) is 18.8 Å². The van der Waals surface area contributed by atoms with Gasteiger partial charge < -0.3 is 0 Å². The Morgan fingerprint density at radius 3 is 1.26 bits per heavy atom. The van der Waals surface area contributed by atoms with Gasteiger partial charge in [-0.1, -0.05) is 221 Å². The molecular weight excluding hydrogens is 790 g/mol. The highest BCUT2D eigenvalue weighted by atomic mass is 14.9. The summed E-state index contributed by atoms with van der Waals surface area (Å²) in [6.45, 7) is 27.9. The van der Waals surface area contributed by atoms with Crippen LogP contribution in [0.2, 0.25) is 0 Å². The van der Waals surface area contributed by atoms with Crippen LogP contribution in [0, 0.1) is 100 Å². The van der Waals surface area contributed by atoms with Crippen LogP contribution in [0.25, 0.3) is 11.1 Å². The SMILES string of the molecule is Cc1cc(C)c(B(c2ccc(C34CC5CC6(CC6(c6ccc(-c7cccc(B(c8c(C)cc(C)cc8C)c8c(C)cc(C)cc8C)c7)cc6)C3)C5C4)cc2)c2c(C)cc(C)cc2C)c(C)c1. The van der Waals surface area contributed by atoms with E-state index in [0.29, 0.717) is 10.8 Å². The first kappa shape index (κ1) is 43.3. The second-order valence-corrected chi connectivity index (χ2v) is 22.8. The predicted molar refractivity (Wildman–Crippen MR) is 286 cm³/mol. The highest BCUT2D eigenvalue weighted by Gasteiger charge is 2.83. The van der Waals surface area contributed by atoms with E-state index in [4.69, 9.17) is 0 Å². The number of aryl methyl sites for hydroxylation is 12. The van der Waals surface area contributed by atoms with Gasteiger partial charge in [-0.25, -0.2) is 0 Å². The van der Waals surface area contributed by atoms with Gasteiger partial charge in [0.05, 0.1) is 0 Å². The molecule has 0 aromatic heterocycles. The zero-order valence-electron chi connectivity index (χ0n) is 41.9. The third kappa shape index (κ3) is 6.54. The Labute approximate surface area is 397 Å². The Hall–Kier alpha value is -5.33. The number of hydrogen-bond donors (Lipinski definition) is 0. The van der Waals surface area contributed by atoms with Gasteiger partial charge in [0.1, 0.15) is 0 Å². The molecule has 4 aliphatic carbocycles. The number of fused-ring (bicyclic) bond motifs is 1. The maximum absolute atomic E-state index is 2.58. The Bertz CT molecular complexity index is 2910. The van der Waals surface area contributed by atoms with Gasteiger partial charge in [-0.15, -0.1) is 0 Å². The topological polar surface area (TPSA) is 0 Å². The average Bonchev–Trinajstić information content (AvgIpc) is 3.89. The molecule has 5 atom stereocenters. The largest absolute Gasteiger partial charge is 0.242 e. The second-order valence-electron chi connectivity index (χ2n) is 22.8. The van der Waals surface area contributed by atoms with E-state index < -0.39 is 0 Å². The third-order valence-electron chi connectivity index (χ3n) is 18.2. The Morgan fingerprint density at radius 2 is 0.803 bits per heavy atom. The molecule has 2 bridgehead atoms. The fourth-order valence-electron chi connectivity index (χ4n) is 16.1. The molecule has 4 fully saturated rings. The maximum atomic E-state index is 2.58. The van der Waals surface area contributed by atoms with Crippen LogP contribution < -0.4 is 32.8 Å². The summed E-state index contributed by atoms with van der Waals surface area (Å²) in [5.74, 6) is 1.75. The lowest BCUT2D eigenvalue weighted by molar-refractivity contribution is 0.0415. The minimum absolute atomic E-state index is 0.169. The molecule has 5 unspecified atom stereocenters. The first-order chi connectivity index (χ1) is 31.5. The fourth-order valence-corrected chi connectivity index (χ4v) is 16.1. The Balaban J connectivity index is 0.925. The second kappa shape index (κ2) is 15.4. The minimum atomic E-state index is 0.169. The normalized spacial score (nSPS) is 23.3. The Kier molecular flexibility index (Phi) is 10.1. The van der Waals surface area contributed by atoms with Crippen LogP contribution in [0.1, 0.15) is 110 Å². The molecule has 4 aliphatic rings. The molecule has 2 heteroatoms. The molecule has 0 aliphatic heterocycles. The van der Waals surface area contributed by atoms with Gasteiger partial charge in [-0.3, -0.25) is 0 Å². The summed E-state index contributed by atoms with van der Waals surface area (Å²) < 4.78 is 0. The van der Waals surface area contributed by atoms with Crippen LogP contribution in [0.15, 0.2) is 121 Å². The molecule has 11 rings (SSSR count). The van der Waals surface area contributed by atoms with Crippen LogP contribution in [0.3, 0.4) is 0 Å². The molecular formula is C64H68B2. The number of rotatable bonds is 9. The van der Waals surface area contributed by atoms with Crippen molar-refractivity contribution in [2.45, 2.75) is 126 Å². The third-order valence-corrected chi connectivity index (χ3v) is 18.2. The lowest BCUT2D eigenvalue weighted by Gasteiger charge is -2.49. The van der Waals surface area contributed by atoms with E-state index in [0.717, 1.165) is 11.8 Å². The predicted octanol–water partition coefficient (Wildman–Crippen LogP) is 11.5. The smallest absolute Gasteiger partial charge is 0.0686 e. The van der Waals surface area contributed by atoms with Gasteiger partial charge in [0.25, 0.3) is 0 Å². The summed E-state index contributed by atoms with van der Waals surface area (Å²) in [5, 5.41) is 0. The fraction of sp³-hybridized carbons (Fsp3) is 0.344. The lowest BCUT2D eigenvalue weighted by Crippen LogP contribution is -2.55. The number of benzene rings is 7. The Morgan fingerprint density at radius 1 is 0.379 bits per heavy atom. The van der Waals surface area contributed by atoms with E-state index >= 15 is 0 Å². The van der Waals surface area contributed by atoms with Crippen molar-refractivity contribution in [2.24, 2.45) is 17.3 Å². The van der Waals surface area contributed by atoms with Gasteiger partial charge in [0.2, 0.25) is 13.4 Å². The molecule has 0 nitrogen and oxygen atoms in total. The first-order valence-corrected chi connectivity index (χ1v) is 25.1. The van der Waals surface area contributed by atoms with Crippen LogP contribution in [0.5, 0.6) is 0 Å². The maximum Gasteiger partial charge on any atom is 0.242 e. The molecule has 4 saturated carbocycles. The highest BCUT2D eigenvalue weighted by Crippen LogP contribution is 2.89. The van der Waals surface area contributed by atoms with Gasteiger partial charge in [0, 0.05) is 5.41 Å². The van der Waals surface area contributed by atoms with Crippen LogP contribution in [-0.4, -0.2) is 13.4 Å². The van der Waals surface area contributed by atoms with Crippen LogP contribution in [-0.2, 0) is 10.8 Å². The summed E-state index contributed by atoms with van der Waals surface area (Å²) in [6.07, 6.45) is 6.84. The molecule has 0 amide bonds. The minimum Gasteiger partial charge on any atom is -0.0686 e. The van der Waals surface area contributed by atoms with E-state index in [2.05, 4.69) is 204 Å². The molecule has 0 N–H and O–H groups in total. The summed E-state index contributed by atoms with van der Waals surface area (Å²) in [5.41, 5.74) is 32.0. The van der Waals surface area contributed by atoms with E-state index in [9.17, 15) is 0 Å². The van der Waals surface area contributed by atoms with E-state index in [1.54, 1.807) is 11.1 Å². The summed E-state index contributed by atoms with van der Waals surface area (Å²) in [4.78, 5) is 0.